The van der Waals surface area contributed by atoms with E-state index in [0.717, 1.165) is 12.8 Å². The summed E-state index contributed by atoms with van der Waals surface area (Å²) in [6.45, 7) is 11.7. The molecule has 2 atom stereocenters. The van der Waals surface area contributed by atoms with Gasteiger partial charge < -0.3 is 14.8 Å². The van der Waals surface area contributed by atoms with Gasteiger partial charge >= 0.3 is 7.60 Å². The topological polar surface area (TPSA) is 61.5 Å². The first-order chi connectivity index (χ1) is 14.1. The molecular weight excluding hydrogens is 393 g/mol. The SMILES string of the molecule is CC(Cc1ccccc1)CP(=O)(OC(C)C)OC(C)C.CC(N)Cc1ccccc1. The van der Waals surface area contributed by atoms with Crippen LogP contribution in [-0.2, 0) is 26.5 Å². The molecule has 0 bridgehead atoms. The van der Waals surface area contributed by atoms with Crippen molar-refractivity contribution in [2.75, 3.05) is 6.16 Å². The van der Waals surface area contributed by atoms with Crippen molar-refractivity contribution in [3.8, 4) is 0 Å². The molecule has 0 aliphatic carbocycles. The van der Waals surface area contributed by atoms with Crippen LogP contribution in [0.4, 0.5) is 0 Å². The van der Waals surface area contributed by atoms with Crippen LogP contribution < -0.4 is 5.73 Å². The zero-order chi connectivity index (χ0) is 22.6. The maximum Gasteiger partial charge on any atom is 0.331 e. The van der Waals surface area contributed by atoms with Crippen molar-refractivity contribution in [2.24, 2.45) is 11.7 Å². The largest absolute Gasteiger partial charge is 0.331 e. The molecule has 168 valence electrons. The number of hydrogen-bond acceptors (Lipinski definition) is 4. The Bertz CT molecular complexity index is 719. The smallest absolute Gasteiger partial charge is 0.328 e. The molecule has 2 aromatic rings. The lowest BCUT2D eigenvalue weighted by atomic mass is 10.0. The van der Waals surface area contributed by atoms with Crippen LogP contribution in [-0.4, -0.2) is 24.4 Å². The Hall–Kier alpha value is -1.45. The molecular formula is C25H40NO3P. The van der Waals surface area contributed by atoms with Gasteiger partial charge in [-0.1, -0.05) is 67.6 Å². The van der Waals surface area contributed by atoms with E-state index in [0.29, 0.717) is 6.16 Å². The van der Waals surface area contributed by atoms with Crippen molar-refractivity contribution in [3.63, 3.8) is 0 Å². The lowest BCUT2D eigenvalue weighted by Crippen LogP contribution is -2.17. The number of benzene rings is 2. The summed E-state index contributed by atoms with van der Waals surface area (Å²) in [6, 6.07) is 20.8. The third-order valence-corrected chi connectivity index (χ3v) is 6.66. The summed E-state index contributed by atoms with van der Waals surface area (Å²) in [7, 11) is -3.02. The van der Waals surface area contributed by atoms with Gasteiger partial charge in [0.05, 0.1) is 18.4 Å². The van der Waals surface area contributed by atoms with Gasteiger partial charge in [0, 0.05) is 6.04 Å². The van der Waals surface area contributed by atoms with E-state index in [4.69, 9.17) is 14.8 Å². The summed E-state index contributed by atoms with van der Waals surface area (Å²) >= 11 is 0. The second-order valence-electron chi connectivity index (χ2n) is 8.56. The van der Waals surface area contributed by atoms with E-state index in [2.05, 4.69) is 31.2 Å². The summed E-state index contributed by atoms with van der Waals surface area (Å²) in [5.74, 6) is 0.251. The van der Waals surface area contributed by atoms with Crippen molar-refractivity contribution in [1.29, 1.82) is 0 Å². The van der Waals surface area contributed by atoms with E-state index < -0.39 is 7.60 Å². The first-order valence-electron chi connectivity index (χ1n) is 10.9. The van der Waals surface area contributed by atoms with Gasteiger partial charge in [-0.3, -0.25) is 4.57 Å². The molecule has 2 rings (SSSR count). The minimum Gasteiger partial charge on any atom is -0.328 e. The molecule has 5 heteroatoms. The highest BCUT2D eigenvalue weighted by Gasteiger charge is 2.29. The molecule has 0 aliphatic rings. The van der Waals surface area contributed by atoms with Gasteiger partial charge in [-0.15, -0.1) is 0 Å². The van der Waals surface area contributed by atoms with Gasteiger partial charge in [-0.25, -0.2) is 0 Å². The zero-order valence-electron chi connectivity index (χ0n) is 19.5. The average molecular weight is 434 g/mol. The highest BCUT2D eigenvalue weighted by Crippen LogP contribution is 2.52. The van der Waals surface area contributed by atoms with Gasteiger partial charge in [0.15, 0.2) is 0 Å². The van der Waals surface area contributed by atoms with Crippen LogP contribution in [0.5, 0.6) is 0 Å². The van der Waals surface area contributed by atoms with Crippen LogP contribution in [0.15, 0.2) is 60.7 Å². The Labute approximate surface area is 183 Å². The van der Waals surface area contributed by atoms with Crippen LogP contribution in [0.25, 0.3) is 0 Å². The minimum atomic E-state index is -3.02. The van der Waals surface area contributed by atoms with E-state index >= 15 is 0 Å². The molecule has 0 amide bonds. The Morgan fingerprint density at radius 1 is 0.733 bits per heavy atom. The summed E-state index contributed by atoms with van der Waals surface area (Å²) < 4.78 is 24.0. The lowest BCUT2D eigenvalue weighted by molar-refractivity contribution is 0.140. The summed E-state index contributed by atoms with van der Waals surface area (Å²) in [4.78, 5) is 0. The second-order valence-corrected chi connectivity index (χ2v) is 10.6. The van der Waals surface area contributed by atoms with Crippen LogP contribution in [0, 0.1) is 5.92 Å². The van der Waals surface area contributed by atoms with Crippen molar-refractivity contribution < 1.29 is 13.6 Å². The fourth-order valence-electron chi connectivity index (χ4n) is 3.20. The maximum atomic E-state index is 12.8. The molecule has 0 saturated carbocycles. The van der Waals surface area contributed by atoms with Crippen molar-refractivity contribution in [1.82, 2.24) is 0 Å². The molecule has 0 aromatic heterocycles. The predicted molar refractivity (Wildman–Crippen MR) is 128 cm³/mol. The van der Waals surface area contributed by atoms with Gasteiger partial charge in [0.1, 0.15) is 0 Å². The van der Waals surface area contributed by atoms with E-state index in [1.807, 2.05) is 71.0 Å². The maximum absolute atomic E-state index is 12.8. The summed E-state index contributed by atoms with van der Waals surface area (Å²) in [5.41, 5.74) is 8.19. The summed E-state index contributed by atoms with van der Waals surface area (Å²) in [6.07, 6.45) is 2.12. The van der Waals surface area contributed by atoms with Crippen LogP contribution >= 0.6 is 7.60 Å². The van der Waals surface area contributed by atoms with Crippen molar-refractivity contribution >= 4 is 7.60 Å². The van der Waals surface area contributed by atoms with Crippen LogP contribution in [0.3, 0.4) is 0 Å². The molecule has 30 heavy (non-hydrogen) atoms. The Kier molecular flexibility index (Phi) is 12.2. The average Bonchev–Trinajstić information content (AvgIpc) is 2.61. The van der Waals surface area contributed by atoms with Gasteiger partial charge in [0.25, 0.3) is 0 Å². The molecule has 2 aromatic carbocycles. The van der Waals surface area contributed by atoms with Gasteiger partial charge in [0.2, 0.25) is 0 Å². The molecule has 0 fully saturated rings. The van der Waals surface area contributed by atoms with Crippen molar-refractivity contribution in [3.05, 3.63) is 71.8 Å². The van der Waals surface area contributed by atoms with E-state index in [1.54, 1.807) is 0 Å². The highest BCUT2D eigenvalue weighted by molar-refractivity contribution is 7.53. The number of hydrogen-bond donors (Lipinski definition) is 1. The predicted octanol–water partition coefficient (Wildman–Crippen LogP) is 6.48. The Balaban J connectivity index is 0.000000375. The first-order valence-corrected chi connectivity index (χ1v) is 12.6. The number of nitrogens with two attached hydrogens (primary N) is 1. The third kappa shape index (κ3) is 12.3. The van der Waals surface area contributed by atoms with Gasteiger partial charge in [-0.05, 0) is 64.5 Å². The lowest BCUT2D eigenvalue weighted by Gasteiger charge is -2.25. The molecule has 0 saturated heterocycles. The van der Waals surface area contributed by atoms with E-state index in [1.165, 1.54) is 11.1 Å². The van der Waals surface area contributed by atoms with Crippen LogP contribution in [0.1, 0.15) is 52.7 Å². The Morgan fingerprint density at radius 2 is 1.13 bits per heavy atom. The fraction of sp³-hybridized carbons (Fsp3) is 0.520. The normalized spacial score (nSPS) is 13.6. The highest BCUT2D eigenvalue weighted by atomic mass is 31.2. The first kappa shape index (κ1) is 26.6. The quantitative estimate of drug-likeness (QED) is 0.435. The molecule has 0 spiro atoms. The van der Waals surface area contributed by atoms with Crippen LogP contribution in [0.2, 0.25) is 0 Å². The molecule has 2 unspecified atom stereocenters. The fourth-order valence-corrected chi connectivity index (χ4v) is 5.60. The van der Waals surface area contributed by atoms with E-state index in [9.17, 15) is 4.57 Å². The second kappa shape index (κ2) is 13.8. The molecule has 4 nitrogen and oxygen atoms in total. The minimum absolute atomic E-state index is 0.0940. The van der Waals surface area contributed by atoms with Gasteiger partial charge in [-0.2, -0.15) is 0 Å². The molecule has 2 N–H and O–H groups in total. The molecule has 0 heterocycles. The molecule has 0 radical (unpaired) electrons. The summed E-state index contributed by atoms with van der Waals surface area (Å²) in [5, 5.41) is 0. The number of rotatable bonds is 10. The monoisotopic (exact) mass is 433 g/mol. The zero-order valence-corrected chi connectivity index (χ0v) is 20.3. The Morgan fingerprint density at radius 3 is 1.50 bits per heavy atom. The third-order valence-electron chi connectivity index (χ3n) is 4.11. The van der Waals surface area contributed by atoms with E-state index in [-0.39, 0.29) is 24.2 Å². The standard InChI is InChI=1S/C16H27O3P.C9H13N/c1-13(2)18-20(17,19-14(3)4)12-15(5)11-16-9-7-6-8-10-16;1-8(10)7-9-5-3-2-4-6-9/h6-10,13-15H,11-12H2,1-5H3;2-6,8H,7,10H2,1H3. The van der Waals surface area contributed by atoms with Crippen molar-refractivity contribution in [2.45, 2.75) is 72.6 Å². The molecule has 0 aliphatic heterocycles.